The Kier molecular flexibility index (Phi) is 3.62. The van der Waals surface area contributed by atoms with E-state index in [1.54, 1.807) is 24.3 Å². The molecule has 1 aromatic rings. The maximum Gasteiger partial charge on any atom is 0.319 e. The molecule has 1 saturated heterocycles. The average Bonchev–Trinajstić information content (AvgIpc) is 3.14. The SMILES string of the molecule is O=C(Nc1ccc(Cl)cc1)NC1CCN(C2CC2)C1. The lowest BCUT2D eigenvalue weighted by molar-refractivity contribution is 0.247. The van der Waals surface area contributed by atoms with Gasteiger partial charge in [0.2, 0.25) is 0 Å². The van der Waals surface area contributed by atoms with E-state index in [1.807, 2.05) is 0 Å². The Labute approximate surface area is 118 Å². The molecule has 0 spiro atoms. The minimum Gasteiger partial charge on any atom is -0.334 e. The zero-order valence-corrected chi connectivity index (χ0v) is 11.5. The van der Waals surface area contributed by atoms with Crippen molar-refractivity contribution in [2.24, 2.45) is 0 Å². The van der Waals surface area contributed by atoms with Crippen molar-refractivity contribution in [3.8, 4) is 0 Å². The molecule has 19 heavy (non-hydrogen) atoms. The fraction of sp³-hybridized carbons (Fsp3) is 0.500. The van der Waals surface area contributed by atoms with E-state index in [-0.39, 0.29) is 12.1 Å². The Morgan fingerprint density at radius 2 is 1.95 bits per heavy atom. The Balaban J connectivity index is 1.47. The van der Waals surface area contributed by atoms with Crippen molar-refractivity contribution < 1.29 is 4.79 Å². The van der Waals surface area contributed by atoms with Crippen LogP contribution in [0.4, 0.5) is 10.5 Å². The minimum absolute atomic E-state index is 0.134. The number of nitrogens with one attached hydrogen (secondary N) is 2. The van der Waals surface area contributed by atoms with Crippen molar-refractivity contribution in [2.75, 3.05) is 18.4 Å². The predicted molar refractivity (Wildman–Crippen MR) is 76.6 cm³/mol. The van der Waals surface area contributed by atoms with E-state index in [0.29, 0.717) is 5.02 Å². The van der Waals surface area contributed by atoms with Crippen LogP contribution in [0, 0.1) is 0 Å². The number of halogens is 1. The van der Waals surface area contributed by atoms with Gasteiger partial charge in [0.05, 0.1) is 0 Å². The summed E-state index contributed by atoms with van der Waals surface area (Å²) in [5.41, 5.74) is 0.763. The van der Waals surface area contributed by atoms with Crippen molar-refractivity contribution in [1.29, 1.82) is 0 Å². The van der Waals surface area contributed by atoms with Gasteiger partial charge in [-0.05, 0) is 43.5 Å². The number of amides is 2. The monoisotopic (exact) mass is 279 g/mol. The van der Waals surface area contributed by atoms with Gasteiger partial charge in [-0.1, -0.05) is 11.6 Å². The van der Waals surface area contributed by atoms with Crippen LogP contribution in [0.3, 0.4) is 0 Å². The number of anilines is 1. The van der Waals surface area contributed by atoms with Gasteiger partial charge in [-0.15, -0.1) is 0 Å². The predicted octanol–water partition coefficient (Wildman–Crippen LogP) is 2.70. The molecule has 4 nitrogen and oxygen atoms in total. The Bertz CT molecular complexity index is 458. The molecule has 1 saturated carbocycles. The summed E-state index contributed by atoms with van der Waals surface area (Å²) in [7, 11) is 0. The van der Waals surface area contributed by atoms with Crippen molar-refractivity contribution in [2.45, 2.75) is 31.3 Å². The Morgan fingerprint density at radius 1 is 1.21 bits per heavy atom. The van der Waals surface area contributed by atoms with E-state index in [1.165, 1.54) is 12.8 Å². The van der Waals surface area contributed by atoms with Crippen LogP contribution in [0.1, 0.15) is 19.3 Å². The Hall–Kier alpha value is -1.26. The van der Waals surface area contributed by atoms with Crippen LogP contribution < -0.4 is 10.6 Å². The molecule has 1 atom stereocenters. The molecule has 2 aliphatic rings. The molecule has 0 bridgehead atoms. The van der Waals surface area contributed by atoms with Gasteiger partial charge in [-0.3, -0.25) is 4.90 Å². The maximum atomic E-state index is 11.9. The van der Waals surface area contributed by atoms with E-state index < -0.39 is 0 Å². The number of likely N-dealkylation sites (tertiary alicyclic amines) is 1. The zero-order valence-electron chi connectivity index (χ0n) is 10.7. The van der Waals surface area contributed by atoms with Crippen LogP contribution in [-0.4, -0.2) is 36.1 Å². The quantitative estimate of drug-likeness (QED) is 0.893. The summed E-state index contributed by atoms with van der Waals surface area (Å²) >= 11 is 5.80. The van der Waals surface area contributed by atoms with Crippen molar-refractivity contribution in [3.63, 3.8) is 0 Å². The summed E-state index contributed by atoms with van der Waals surface area (Å²) in [6.45, 7) is 2.09. The number of carbonyl (C=O) groups is 1. The number of carbonyl (C=O) groups excluding carboxylic acids is 1. The van der Waals surface area contributed by atoms with E-state index in [4.69, 9.17) is 11.6 Å². The first-order valence-corrected chi connectivity index (χ1v) is 7.15. The summed E-state index contributed by atoms with van der Waals surface area (Å²) in [5, 5.41) is 6.53. The van der Waals surface area contributed by atoms with E-state index in [0.717, 1.165) is 31.2 Å². The minimum atomic E-state index is -0.134. The summed E-state index contributed by atoms with van der Waals surface area (Å²) in [5.74, 6) is 0. The third-order valence-electron chi connectivity index (χ3n) is 3.72. The van der Waals surface area contributed by atoms with E-state index in [9.17, 15) is 4.79 Å². The highest BCUT2D eigenvalue weighted by atomic mass is 35.5. The lowest BCUT2D eigenvalue weighted by Crippen LogP contribution is -2.40. The Morgan fingerprint density at radius 3 is 2.63 bits per heavy atom. The van der Waals surface area contributed by atoms with Crippen LogP contribution in [0.2, 0.25) is 5.02 Å². The van der Waals surface area contributed by atoms with Gasteiger partial charge in [-0.2, -0.15) is 0 Å². The van der Waals surface area contributed by atoms with Gasteiger partial charge < -0.3 is 10.6 Å². The second kappa shape index (κ2) is 5.39. The van der Waals surface area contributed by atoms with Crippen LogP contribution in [0.5, 0.6) is 0 Å². The molecular weight excluding hydrogens is 262 g/mol. The fourth-order valence-electron chi connectivity index (χ4n) is 2.56. The van der Waals surface area contributed by atoms with Gasteiger partial charge in [0.25, 0.3) is 0 Å². The lowest BCUT2D eigenvalue weighted by atomic mass is 10.3. The molecule has 2 amide bonds. The largest absolute Gasteiger partial charge is 0.334 e. The molecular formula is C14H18ClN3O. The first-order valence-electron chi connectivity index (χ1n) is 6.78. The summed E-state index contributed by atoms with van der Waals surface area (Å²) < 4.78 is 0. The number of urea groups is 1. The number of hydrogen-bond donors (Lipinski definition) is 2. The van der Waals surface area contributed by atoms with Crippen LogP contribution in [-0.2, 0) is 0 Å². The molecule has 3 rings (SSSR count). The first kappa shape index (κ1) is 12.8. The summed E-state index contributed by atoms with van der Waals surface area (Å²) in [6, 6.07) is 8.05. The molecule has 1 aliphatic carbocycles. The van der Waals surface area contributed by atoms with E-state index >= 15 is 0 Å². The highest BCUT2D eigenvalue weighted by Gasteiger charge is 2.34. The van der Waals surface area contributed by atoms with Gasteiger partial charge in [-0.25, -0.2) is 4.79 Å². The van der Waals surface area contributed by atoms with Crippen molar-refractivity contribution in [1.82, 2.24) is 10.2 Å². The van der Waals surface area contributed by atoms with Crippen LogP contribution in [0.25, 0.3) is 0 Å². The summed E-state index contributed by atoms with van der Waals surface area (Å²) in [6.07, 6.45) is 3.69. The van der Waals surface area contributed by atoms with Gasteiger partial charge in [0, 0.05) is 35.9 Å². The molecule has 1 unspecified atom stereocenters. The smallest absolute Gasteiger partial charge is 0.319 e. The average molecular weight is 280 g/mol. The maximum absolute atomic E-state index is 11.9. The molecule has 1 heterocycles. The van der Waals surface area contributed by atoms with Crippen LogP contribution >= 0.6 is 11.6 Å². The topological polar surface area (TPSA) is 44.4 Å². The number of nitrogens with zero attached hydrogens (tertiary/aromatic N) is 1. The van der Waals surface area contributed by atoms with Gasteiger partial charge in [0.15, 0.2) is 0 Å². The first-order chi connectivity index (χ1) is 9.20. The zero-order chi connectivity index (χ0) is 13.2. The molecule has 2 N–H and O–H groups in total. The fourth-order valence-corrected chi connectivity index (χ4v) is 2.69. The lowest BCUT2D eigenvalue weighted by Gasteiger charge is -2.16. The molecule has 0 aromatic heterocycles. The molecule has 0 radical (unpaired) electrons. The highest BCUT2D eigenvalue weighted by Crippen LogP contribution is 2.29. The molecule has 5 heteroatoms. The second-order valence-electron chi connectivity index (χ2n) is 5.32. The molecule has 1 aromatic carbocycles. The number of benzene rings is 1. The van der Waals surface area contributed by atoms with Gasteiger partial charge >= 0.3 is 6.03 Å². The molecule has 1 aliphatic heterocycles. The van der Waals surface area contributed by atoms with Crippen LogP contribution in [0.15, 0.2) is 24.3 Å². The second-order valence-corrected chi connectivity index (χ2v) is 5.75. The molecule has 2 fully saturated rings. The summed E-state index contributed by atoms with van der Waals surface area (Å²) in [4.78, 5) is 14.4. The van der Waals surface area contributed by atoms with Crippen molar-refractivity contribution in [3.05, 3.63) is 29.3 Å². The highest BCUT2D eigenvalue weighted by molar-refractivity contribution is 6.30. The van der Waals surface area contributed by atoms with E-state index in [2.05, 4.69) is 15.5 Å². The van der Waals surface area contributed by atoms with Gasteiger partial charge in [0.1, 0.15) is 0 Å². The van der Waals surface area contributed by atoms with Crippen molar-refractivity contribution >= 4 is 23.3 Å². The standard InChI is InChI=1S/C14H18ClN3O/c15-10-1-3-11(4-2-10)16-14(19)17-12-7-8-18(9-12)13-5-6-13/h1-4,12-13H,5-9H2,(H2,16,17,19). The third-order valence-corrected chi connectivity index (χ3v) is 3.97. The molecule has 102 valence electrons. The number of hydrogen-bond acceptors (Lipinski definition) is 2. The normalized spacial score (nSPS) is 23.3. The number of rotatable bonds is 3. The third kappa shape index (κ3) is 3.39.